The average molecular weight is 225 g/mol. The van der Waals surface area contributed by atoms with E-state index < -0.39 is 0 Å². The second kappa shape index (κ2) is 5.03. The van der Waals surface area contributed by atoms with Crippen LogP contribution in [0.25, 0.3) is 0 Å². The quantitative estimate of drug-likeness (QED) is 0.668. The molecule has 0 saturated carbocycles. The summed E-state index contributed by atoms with van der Waals surface area (Å²) in [6, 6.07) is 8.92. The van der Waals surface area contributed by atoms with Crippen molar-refractivity contribution in [2.75, 3.05) is 5.88 Å². The third-order valence-corrected chi connectivity index (χ3v) is 3.19. The minimum atomic E-state index is 0.247. The predicted molar refractivity (Wildman–Crippen MR) is 68.7 cm³/mol. The third kappa shape index (κ3) is 3.87. The van der Waals surface area contributed by atoms with Gasteiger partial charge in [-0.15, -0.1) is 11.6 Å². The number of alkyl halides is 1. The van der Waals surface area contributed by atoms with Gasteiger partial charge in [-0.05, 0) is 28.9 Å². The van der Waals surface area contributed by atoms with E-state index in [1.807, 2.05) is 0 Å². The SMILES string of the molecule is C[C@H](CCl)Cc1ccc(C(C)(C)C)cc1. The lowest BCUT2D eigenvalue weighted by Crippen LogP contribution is -2.11. The Morgan fingerprint density at radius 2 is 1.67 bits per heavy atom. The van der Waals surface area contributed by atoms with Crippen LogP contribution in [0.1, 0.15) is 38.8 Å². The fourth-order valence-corrected chi connectivity index (χ4v) is 1.71. The number of halogens is 1. The Morgan fingerprint density at radius 1 is 1.13 bits per heavy atom. The first kappa shape index (κ1) is 12.6. The van der Waals surface area contributed by atoms with Crippen molar-refractivity contribution < 1.29 is 0 Å². The monoisotopic (exact) mass is 224 g/mol. The second-order valence-corrected chi connectivity index (χ2v) is 5.72. The molecule has 0 radical (unpaired) electrons. The minimum Gasteiger partial charge on any atom is -0.126 e. The summed E-state index contributed by atoms with van der Waals surface area (Å²) in [7, 11) is 0. The van der Waals surface area contributed by atoms with Gasteiger partial charge in [0.15, 0.2) is 0 Å². The molecule has 0 aliphatic carbocycles. The molecule has 1 aromatic rings. The van der Waals surface area contributed by atoms with E-state index in [4.69, 9.17) is 11.6 Å². The van der Waals surface area contributed by atoms with Crippen molar-refractivity contribution in [3.05, 3.63) is 35.4 Å². The van der Waals surface area contributed by atoms with Crippen molar-refractivity contribution in [2.45, 2.75) is 39.5 Å². The molecule has 0 fully saturated rings. The maximum absolute atomic E-state index is 5.81. The number of hydrogen-bond donors (Lipinski definition) is 0. The molecule has 0 aliphatic heterocycles. The zero-order chi connectivity index (χ0) is 11.5. The molecule has 1 rings (SSSR count). The van der Waals surface area contributed by atoms with Crippen LogP contribution in [0.5, 0.6) is 0 Å². The van der Waals surface area contributed by atoms with E-state index in [9.17, 15) is 0 Å². The normalized spacial score (nSPS) is 13.9. The molecule has 0 unspecified atom stereocenters. The van der Waals surface area contributed by atoms with Crippen LogP contribution in [-0.2, 0) is 11.8 Å². The molecule has 1 aromatic carbocycles. The summed E-state index contributed by atoms with van der Waals surface area (Å²) in [5.74, 6) is 1.30. The number of rotatable bonds is 3. The Bertz CT molecular complexity index is 292. The van der Waals surface area contributed by atoms with Gasteiger partial charge in [-0.1, -0.05) is 52.0 Å². The standard InChI is InChI=1S/C14H21Cl/c1-11(10-15)9-12-5-7-13(8-6-12)14(2,3)4/h5-8,11H,9-10H2,1-4H3/t11-/m0/s1. The van der Waals surface area contributed by atoms with E-state index >= 15 is 0 Å². The highest BCUT2D eigenvalue weighted by molar-refractivity contribution is 6.18. The van der Waals surface area contributed by atoms with Crippen molar-refractivity contribution >= 4 is 11.6 Å². The van der Waals surface area contributed by atoms with Gasteiger partial charge in [0.1, 0.15) is 0 Å². The molecule has 1 heteroatoms. The first-order valence-electron chi connectivity index (χ1n) is 5.59. The summed E-state index contributed by atoms with van der Waals surface area (Å²) >= 11 is 5.81. The lowest BCUT2D eigenvalue weighted by atomic mass is 9.86. The molecular weight excluding hydrogens is 204 g/mol. The average Bonchev–Trinajstić information content (AvgIpc) is 2.17. The maximum atomic E-state index is 5.81. The lowest BCUT2D eigenvalue weighted by molar-refractivity contribution is 0.589. The number of hydrogen-bond acceptors (Lipinski definition) is 0. The van der Waals surface area contributed by atoms with Crippen LogP contribution >= 0.6 is 11.6 Å². The molecule has 15 heavy (non-hydrogen) atoms. The van der Waals surface area contributed by atoms with E-state index in [0.717, 1.165) is 12.3 Å². The van der Waals surface area contributed by atoms with Crippen LogP contribution < -0.4 is 0 Å². The highest BCUT2D eigenvalue weighted by Crippen LogP contribution is 2.22. The van der Waals surface area contributed by atoms with Gasteiger partial charge in [0.2, 0.25) is 0 Å². The molecule has 0 aromatic heterocycles. The van der Waals surface area contributed by atoms with E-state index in [2.05, 4.69) is 52.0 Å². The van der Waals surface area contributed by atoms with E-state index in [1.165, 1.54) is 11.1 Å². The lowest BCUT2D eigenvalue weighted by Gasteiger charge is -2.19. The van der Waals surface area contributed by atoms with Crippen molar-refractivity contribution in [1.29, 1.82) is 0 Å². The largest absolute Gasteiger partial charge is 0.126 e. The van der Waals surface area contributed by atoms with Gasteiger partial charge in [-0.3, -0.25) is 0 Å². The molecule has 0 amide bonds. The van der Waals surface area contributed by atoms with E-state index in [0.29, 0.717) is 5.92 Å². The van der Waals surface area contributed by atoms with E-state index in [-0.39, 0.29) is 5.41 Å². The predicted octanol–water partition coefficient (Wildman–Crippen LogP) is 4.40. The molecule has 0 N–H and O–H groups in total. The fourth-order valence-electron chi connectivity index (χ4n) is 1.60. The Balaban J connectivity index is 2.73. The summed E-state index contributed by atoms with van der Waals surface area (Å²) in [5, 5.41) is 0. The van der Waals surface area contributed by atoms with Crippen LogP contribution in [0.15, 0.2) is 24.3 Å². The zero-order valence-corrected chi connectivity index (χ0v) is 10.9. The topological polar surface area (TPSA) is 0 Å². The zero-order valence-electron chi connectivity index (χ0n) is 10.2. The molecular formula is C14H21Cl. The van der Waals surface area contributed by atoms with Gasteiger partial charge in [-0.2, -0.15) is 0 Å². The highest BCUT2D eigenvalue weighted by Gasteiger charge is 2.13. The smallest absolute Gasteiger partial charge is 0.0252 e. The molecule has 0 bridgehead atoms. The second-order valence-electron chi connectivity index (χ2n) is 5.41. The summed E-state index contributed by atoms with van der Waals surface area (Å²) in [6.07, 6.45) is 1.08. The Labute approximate surface area is 98.7 Å². The molecule has 1 atom stereocenters. The van der Waals surface area contributed by atoms with Gasteiger partial charge >= 0.3 is 0 Å². The fraction of sp³-hybridized carbons (Fsp3) is 0.571. The third-order valence-electron chi connectivity index (χ3n) is 2.67. The van der Waals surface area contributed by atoms with Crippen LogP contribution in [0.3, 0.4) is 0 Å². The highest BCUT2D eigenvalue weighted by atomic mass is 35.5. The summed E-state index contributed by atoms with van der Waals surface area (Å²) in [5.41, 5.74) is 3.03. The van der Waals surface area contributed by atoms with Gasteiger partial charge in [0.05, 0.1) is 0 Å². The first-order chi connectivity index (χ1) is 6.93. The molecule has 0 spiro atoms. The van der Waals surface area contributed by atoms with Crippen molar-refractivity contribution in [2.24, 2.45) is 5.92 Å². The minimum absolute atomic E-state index is 0.247. The van der Waals surface area contributed by atoms with Gasteiger partial charge in [0, 0.05) is 5.88 Å². The van der Waals surface area contributed by atoms with Crippen LogP contribution in [0, 0.1) is 5.92 Å². The summed E-state index contributed by atoms with van der Waals surface area (Å²) in [6.45, 7) is 8.90. The molecule has 84 valence electrons. The van der Waals surface area contributed by atoms with Crippen molar-refractivity contribution in [1.82, 2.24) is 0 Å². The molecule has 0 nitrogen and oxygen atoms in total. The van der Waals surface area contributed by atoms with Crippen LogP contribution in [0.2, 0.25) is 0 Å². The Morgan fingerprint density at radius 3 is 2.07 bits per heavy atom. The summed E-state index contributed by atoms with van der Waals surface area (Å²) < 4.78 is 0. The van der Waals surface area contributed by atoms with Crippen molar-refractivity contribution in [3.8, 4) is 0 Å². The maximum Gasteiger partial charge on any atom is 0.0252 e. The first-order valence-corrected chi connectivity index (χ1v) is 6.12. The molecule has 0 aliphatic rings. The van der Waals surface area contributed by atoms with Gasteiger partial charge in [0.25, 0.3) is 0 Å². The molecule has 0 saturated heterocycles. The van der Waals surface area contributed by atoms with Gasteiger partial charge in [-0.25, -0.2) is 0 Å². The number of benzene rings is 1. The Hall–Kier alpha value is -0.490. The van der Waals surface area contributed by atoms with E-state index in [1.54, 1.807) is 0 Å². The van der Waals surface area contributed by atoms with Crippen LogP contribution in [0.4, 0.5) is 0 Å². The van der Waals surface area contributed by atoms with Gasteiger partial charge < -0.3 is 0 Å². The van der Waals surface area contributed by atoms with Crippen LogP contribution in [-0.4, -0.2) is 5.88 Å². The summed E-state index contributed by atoms with van der Waals surface area (Å²) in [4.78, 5) is 0. The Kier molecular flexibility index (Phi) is 4.21. The molecule has 0 heterocycles. The van der Waals surface area contributed by atoms with Crippen molar-refractivity contribution in [3.63, 3.8) is 0 Å².